The first-order chi connectivity index (χ1) is 11.4. The molecule has 124 valence electrons. The maximum absolute atomic E-state index is 12.4. The molecule has 0 fully saturated rings. The predicted molar refractivity (Wildman–Crippen MR) is 102 cm³/mol. The summed E-state index contributed by atoms with van der Waals surface area (Å²) in [6.45, 7) is 6.37. The van der Waals surface area contributed by atoms with Gasteiger partial charge >= 0.3 is 5.69 Å². The zero-order valence-electron chi connectivity index (χ0n) is 13.8. The third-order valence-corrected chi connectivity index (χ3v) is 6.07. The average Bonchev–Trinajstić information content (AvgIpc) is 3.10. The van der Waals surface area contributed by atoms with Gasteiger partial charge in [0.05, 0.1) is 19.7 Å². The minimum Gasteiger partial charge on any atom is -0.353 e. The highest BCUT2D eigenvalue weighted by Gasteiger charge is 2.21. The van der Waals surface area contributed by atoms with Crippen molar-refractivity contribution in [3.63, 3.8) is 0 Å². The second kappa shape index (κ2) is 5.32. The van der Waals surface area contributed by atoms with Crippen LogP contribution >= 0.6 is 27.3 Å². The standard InChI is InChI=1S/C17H17BrN4OS/c1-8(2)14-15(19-11-7-12(18)24-16(11)14)10-5-6-13-20-21(4)17(23)22(13)9(10)3/h5-8,19H,1-4H3. The Morgan fingerprint density at radius 2 is 2.08 bits per heavy atom. The van der Waals surface area contributed by atoms with Crippen LogP contribution in [0.15, 0.2) is 26.8 Å². The maximum atomic E-state index is 12.4. The third-order valence-electron chi connectivity index (χ3n) is 4.40. The number of pyridine rings is 1. The summed E-state index contributed by atoms with van der Waals surface area (Å²) >= 11 is 5.31. The summed E-state index contributed by atoms with van der Waals surface area (Å²) in [6, 6.07) is 6.06. The van der Waals surface area contributed by atoms with E-state index in [4.69, 9.17) is 0 Å². The van der Waals surface area contributed by atoms with Gasteiger partial charge in [0.15, 0.2) is 5.65 Å². The lowest BCUT2D eigenvalue weighted by Crippen LogP contribution is -2.19. The van der Waals surface area contributed by atoms with Crippen LogP contribution in [0.25, 0.3) is 27.1 Å². The molecule has 4 aromatic heterocycles. The Bertz CT molecular complexity index is 1150. The SMILES string of the molecule is Cc1c(-c2[nH]c3cc(Br)sc3c2C(C)C)ccc2nn(C)c(=O)n12. The fourth-order valence-corrected chi connectivity index (χ4v) is 5.06. The van der Waals surface area contributed by atoms with Crippen LogP contribution in [0, 0.1) is 6.92 Å². The van der Waals surface area contributed by atoms with Gasteiger partial charge in [-0.25, -0.2) is 13.9 Å². The fourth-order valence-electron chi connectivity index (χ4n) is 3.30. The number of halogens is 1. The molecule has 0 aromatic carbocycles. The van der Waals surface area contributed by atoms with Crippen molar-refractivity contribution < 1.29 is 0 Å². The molecule has 0 saturated heterocycles. The second-order valence-electron chi connectivity index (χ2n) is 6.29. The Hall–Kier alpha value is -1.86. The van der Waals surface area contributed by atoms with Crippen LogP contribution in [0.2, 0.25) is 0 Å². The van der Waals surface area contributed by atoms with Crippen molar-refractivity contribution in [1.29, 1.82) is 0 Å². The number of aryl methyl sites for hydroxylation is 2. The number of nitrogens with zero attached hydrogens (tertiary/aromatic N) is 3. The average molecular weight is 405 g/mol. The summed E-state index contributed by atoms with van der Waals surface area (Å²) in [5.74, 6) is 0.375. The van der Waals surface area contributed by atoms with E-state index in [9.17, 15) is 4.79 Å². The van der Waals surface area contributed by atoms with Crippen molar-refractivity contribution in [2.24, 2.45) is 7.05 Å². The minimum absolute atomic E-state index is 0.119. The number of hydrogen-bond acceptors (Lipinski definition) is 3. The summed E-state index contributed by atoms with van der Waals surface area (Å²) in [5.41, 5.74) is 6.01. The highest BCUT2D eigenvalue weighted by atomic mass is 79.9. The van der Waals surface area contributed by atoms with Gasteiger partial charge in [0.1, 0.15) is 0 Å². The molecule has 24 heavy (non-hydrogen) atoms. The van der Waals surface area contributed by atoms with E-state index >= 15 is 0 Å². The molecule has 4 aromatic rings. The Balaban J connectivity index is 2.07. The lowest BCUT2D eigenvalue weighted by Gasteiger charge is -2.11. The summed E-state index contributed by atoms with van der Waals surface area (Å²) < 4.78 is 5.43. The van der Waals surface area contributed by atoms with Crippen LogP contribution in [0.3, 0.4) is 0 Å². The van der Waals surface area contributed by atoms with Crippen LogP contribution in [0.1, 0.15) is 31.0 Å². The molecule has 0 amide bonds. The number of aromatic amines is 1. The Labute approximate surface area is 151 Å². The van der Waals surface area contributed by atoms with Crippen molar-refractivity contribution >= 4 is 43.1 Å². The van der Waals surface area contributed by atoms with Gasteiger partial charge < -0.3 is 4.98 Å². The number of aromatic nitrogens is 4. The van der Waals surface area contributed by atoms with Crippen LogP contribution < -0.4 is 5.69 Å². The first-order valence-electron chi connectivity index (χ1n) is 7.75. The van der Waals surface area contributed by atoms with Gasteiger partial charge in [0.25, 0.3) is 0 Å². The van der Waals surface area contributed by atoms with E-state index < -0.39 is 0 Å². The molecule has 1 N–H and O–H groups in total. The van der Waals surface area contributed by atoms with Crippen LogP contribution in [-0.4, -0.2) is 19.2 Å². The van der Waals surface area contributed by atoms with E-state index in [-0.39, 0.29) is 5.69 Å². The lowest BCUT2D eigenvalue weighted by molar-refractivity contribution is 0.730. The summed E-state index contributed by atoms with van der Waals surface area (Å²) in [7, 11) is 1.68. The van der Waals surface area contributed by atoms with Gasteiger partial charge in [0.2, 0.25) is 0 Å². The Kier molecular flexibility index (Phi) is 3.47. The topological polar surface area (TPSA) is 55.1 Å². The fraction of sp³-hybridized carbons (Fsp3) is 0.294. The van der Waals surface area contributed by atoms with E-state index in [2.05, 4.69) is 45.9 Å². The van der Waals surface area contributed by atoms with Crippen molar-refractivity contribution in [1.82, 2.24) is 19.2 Å². The smallest absolute Gasteiger partial charge is 0.350 e. The summed E-state index contributed by atoms with van der Waals surface area (Å²) in [6.07, 6.45) is 0. The molecule has 4 heterocycles. The van der Waals surface area contributed by atoms with Crippen LogP contribution in [0.5, 0.6) is 0 Å². The largest absolute Gasteiger partial charge is 0.353 e. The van der Waals surface area contributed by atoms with Crippen LogP contribution in [-0.2, 0) is 7.05 Å². The van der Waals surface area contributed by atoms with Crippen LogP contribution in [0.4, 0.5) is 0 Å². The normalized spacial score (nSPS) is 12.1. The molecule has 0 atom stereocenters. The molecule has 7 heteroatoms. The second-order valence-corrected chi connectivity index (χ2v) is 8.73. The molecule has 0 saturated carbocycles. The molecular weight excluding hydrogens is 388 g/mol. The molecule has 0 unspecified atom stereocenters. The molecule has 5 nitrogen and oxygen atoms in total. The van der Waals surface area contributed by atoms with E-state index in [0.717, 1.165) is 26.3 Å². The quantitative estimate of drug-likeness (QED) is 0.536. The molecule has 0 aliphatic carbocycles. The van der Waals surface area contributed by atoms with Gasteiger partial charge in [-0.05, 0) is 52.5 Å². The van der Waals surface area contributed by atoms with Crippen molar-refractivity contribution in [3.8, 4) is 11.3 Å². The van der Waals surface area contributed by atoms with Gasteiger partial charge in [-0.3, -0.25) is 0 Å². The Morgan fingerprint density at radius 3 is 2.79 bits per heavy atom. The highest BCUT2D eigenvalue weighted by Crippen LogP contribution is 2.41. The lowest BCUT2D eigenvalue weighted by atomic mass is 9.98. The van der Waals surface area contributed by atoms with E-state index in [1.807, 2.05) is 19.1 Å². The van der Waals surface area contributed by atoms with Crippen molar-refractivity contribution in [3.05, 3.63) is 43.7 Å². The molecule has 0 bridgehead atoms. The number of thiophene rings is 1. The van der Waals surface area contributed by atoms with Gasteiger partial charge in [0, 0.05) is 18.3 Å². The summed E-state index contributed by atoms with van der Waals surface area (Å²) in [4.78, 5) is 15.9. The third kappa shape index (κ3) is 2.11. The minimum atomic E-state index is -0.119. The zero-order valence-corrected chi connectivity index (χ0v) is 16.2. The van der Waals surface area contributed by atoms with E-state index in [0.29, 0.717) is 11.6 Å². The molecule has 0 aliphatic rings. The molecular formula is C17H17BrN4OS. The van der Waals surface area contributed by atoms with Gasteiger partial charge in [-0.1, -0.05) is 13.8 Å². The molecule has 0 spiro atoms. The number of hydrogen-bond donors (Lipinski definition) is 1. The summed E-state index contributed by atoms with van der Waals surface area (Å²) in [5, 5.41) is 4.26. The van der Waals surface area contributed by atoms with E-state index in [1.54, 1.807) is 22.8 Å². The number of rotatable bonds is 2. The highest BCUT2D eigenvalue weighted by molar-refractivity contribution is 9.11. The Morgan fingerprint density at radius 1 is 1.33 bits per heavy atom. The van der Waals surface area contributed by atoms with E-state index in [1.165, 1.54) is 14.9 Å². The van der Waals surface area contributed by atoms with Crippen molar-refractivity contribution in [2.75, 3.05) is 0 Å². The number of H-pyrrole nitrogens is 1. The predicted octanol–water partition coefficient (Wildman–Crippen LogP) is 4.44. The number of nitrogens with one attached hydrogen (secondary N) is 1. The first kappa shape index (κ1) is 15.7. The first-order valence-corrected chi connectivity index (χ1v) is 9.36. The van der Waals surface area contributed by atoms with Gasteiger partial charge in [-0.2, -0.15) is 5.10 Å². The van der Waals surface area contributed by atoms with Gasteiger partial charge in [-0.15, -0.1) is 11.3 Å². The number of fused-ring (bicyclic) bond motifs is 2. The molecule has 0 radical (unpaired) electrons. The zero-order chi connectivity index (χ0) is 17.2. The van der Waals surface area contributed by atoms with Crippen molar-refractivity contribution in [2.45, 2.75) is 26.7 Å². The molecule has 4 rings (SSSR count). The maximum Gasteiger partial charge on any atom is 0.350 e. The molecule has 0 aliphatic heterocycles. The monoisotopic (exact) mass is 404 g/mol.